The Morgan fingerprint density at radius 3 is 2.47 bits per heavy atom. The fourth-order valence-corrected chi connectivity index (χ4v) is 5.94. The number of rotatable bonds is 11. The van der Waals surface area contributed by atoms with Gasteiger partial charge in [-0.3, -0.25) is 9.05 Å². The number of ether oxygens (including phenoxy) is 1. The van der Waals surface area contributed by atoms with E-state index in [2.05, 4.69) is 12.7 Å². The van der Waals surface area contributed by atoms with Gasteiger partial charge in [0.15, 0.2) is 6.10 Å². The van der Waals surface area contributed by atoms with Crippen molar-refractivity contribution in [2.45, 2.75) is 78.4 Å². The molecule has 2 aromatic carbocycles. The molecule has 0 aliphatic heterocycles. The number of phenolic OH excluding ortho intramolecular Hbond substituents is 1. The lowest BCUT2D eigenvalue weighted by molar-refractivity contribution is -0.143. The summed E-state index contributed by atoms with van der Waals surface area (Å²) in [6.45, 7) is 13.4. The van der Waals surface area contributed by atoms with Crippen molar-refractivity contribution in [2.75, 3.05) is 0 Å². The molecule has 2 N–H and O–H groups in total. The Morgan fingerprint density at radius 2 is 1.87 bits per heavy atom. The molecule has 0 amide bonds. The Kier molecular flexibility index (Phi) is 10.1. The molecule has 0 spiro atoms. The first-order chi connectivity index (χ1) is 17.9. The van der Waals surface area contributed by atoms with Gasteiger partial charge in [-0.25, -0.2) is 9.36 Å². The summed E-state index contributed by atoms with van der Waals surface area (Å²) >= 11 is 0. The topological polar surface area (TPSA) is 102 Å². The van der Waals surface area contributed by atoms with Crippen molar-refractivity contribution in [1.82, 2.24) is 0 Å². The SMILES string of the molecule is C=C(C)[C@@H]1CCC(C)=C[C@H]1c1c(O)cc(CCC)cc1OC(=O)C(OP(=O)(O)OC(C)C)c1ccccc1. The summed E-state index contributed by atoms with van der Waals surface area (Å²) < 4.78 is 29.0. The van der Waals surface area contributed by atoms with E-state index < -0.39 is 26.0 Å². The Bertz CT molecular complexity index is 1220. The largest absolute Gasteiger partial charge is 0.507 e. The molecule has 0 fully saturated rings. The number of aromatic hydroxyl groups is 1. The number of hydrogen-bond acceptors (Lipinski definition) is 6. The zero-order valence-electron chi connectivity index (χ0n) is 22.8. The van der Waals surface area contributed by atoms with E-state index in [0.29, 0.717) is 17.5 Å². The van der Waals surface area contributed by atoms with Crippen LogP contribution in [0.4, 0.5) is 0 Å². The summed E-state index contributed by atoms with van der Waals surface area (Å²) in [5.41, 5.74) is 3.79. The van der Waals surface area contributed by atoms with Crippen LogP contribution in [0.1, 0.15) is 82.6 Å². The van der Waals surface area contributed by atoms with Crippen molar-refractivity contribution >= 4 is 13.8 Å². The van der Waals surface area contributed by atoms with Gasteiger partial charge < -0.3 is 14.7 Å². The highest BCUT2D eigenvalue weighted by molar-refractivity contribution is 7.47. The summed E-state index contributed by atoms with van der Waals surface area (Å²) in [5.74, 6) is -0.853. The van der Waals surface area contributed by atoms with E-state index in [4.69, 9.17) is 13.8 Å². The lowest BCUT2D eigenvalue weighted by Crippen LogP contribution is -2.23. The van der Waals surface area contributed by atoms with E-state index in [9.17, 15) is 19.4 Å². The van der Waals surface area contributed by atoms with Crippen molar-refractivity contribution in [3.8, 4) is 11.5 Å². The Labute approximate surface area is 225 Å². The first-order valence-corrected chi connectivity index (χ1v) is 14.6. The van der Waals surface area contributed by atoms with E-state index in [1.54, 1.807) is 56.3 Å². The molecule has 0 bridgehead atoms. The molecule has 1 aliphatic rings. The predicted octanol–water partition coefficient (Wildman–Crippen LogP) is 7.55. The van der Waals surface area contributed by atoms with Gasteiger partial charge in [-0.2, -0.15) is 0 Å². The number of carbonyl (C=O) groups is 1. The summed E-state index contributed by atoms with van der Waals surface area (Å²) in [7, 11) is -4.60. The number of phosphoric ester groups is 1. The number of hydrogen-bond donors (Lipinski definition) is 2. The average Bonchev–Trinajstić information content (AvgIpc) is 2.82. The Morgan fingerprint density at radius 1 is 1.18 bits per heavy atom. The van der Waals surface area contributed by atoms with Crippen molar-refractivity contribution in [3.63, 3.8) is 0 Å². The zero-order chi connectivity index (χ0) is 28.0. The van der Waals surface area contributed by atoms with E-state index in [-0.39, 0.29) is 23.3 Å². The van der Waals surface area contributed by atoms with Gasteiger partial charge in [-0.1, -0.05) is 67.5 Å². The molecular weight excluding hydrogens is 503 g/mol. The maximum absolute atomic E-state index is 13.6. The molecular formula is C30H39O7P. The fraction of sp³-hybridized carbons (Fsp3) is 0.433. The van der Waals surface area contributed by atoms with Crippen molar-refractivity contribution < 1.29 is 33.1 Å². The second-order valence-electron chi connectivity index (χ2n) is 10.2. The van der Waals surface area contributed by atoms with Gasteiger partial charge in [-0.05, 0) is 76.1 Å². The lowest BCUT2D eigenvalue weighted by Gasteiger charge is -2.32. The molecule has 0 aromatic heterocycles. The first kappa shape index (κ1) is 29.9. The number of esters is 1. The summed E-state index contributed by atoms with van der Waals surface area (Å²) in [6, 6.07) is 11.8. The maximum atomic E-state index is 13.6. The van der Waals surface area contributed by atoms with Crippen molar-refractivity contribution in [1.29, 1.82) is 0 Å². The van der Waals surface area contributed by atoms with E-state index in [1.165, 1.54) is 5.57 Å². The molecule has 4 atom stereocenters. The number of aryl methyl sites for hydroxylation is 1. The van der Waals surface area contributed by atoms with E-state index >= 15 is 0 Å². The van der Waals surface area contributed by atoms with Gasteiger partial charge in [-0.15, -0.1) is 0 Å². The fourth-order valence-electron chi connectivity index (χ4n) is 4.88. The molecule has 0 radical (unpaired) electrons. The summed E-state index contributed by atoms with van der Waals surface area (Å²) in [5, 5.41) is 11.2. The van der Waals surface area contributed by atoms with Crippen LogP contribution in [0.2, 0.25) is 0 Å². The van der Waals surface area contributed by atoms with E-state index in [0.717, 1.165) is 30.4 Å². The molecule has 38 heavy (non-hydrogen) atoms. The highest BCUT2D eigenvalue weighted by Crippen LogP contribution is 2.50. The molecule has 8 heteroatoms. The maximum Gasteiger partial charge on any atom is 0.473 e. The van der Waals surface area contributed by atoms with Gasteiger partial charge in [0.25, 0.3) is 0 Å². The lowest BCUT2D eigenvalue weighted by atomic mass is 9.73. The Hall–Kier alpha value is -2.70. The molecule has 206 valence electrons. The minimum atomic E-state index is -4.60. The number of carbonyl (C=O) groups excluding carboxylic acids is 1. The first-order valence-electron chi connectivity index (χ1n) is 13.1. The van der Waals surface area contributed by atoms with Crippen LogP contribution in [0, 0.1) is 5.92 Å². The third-order valence-corrected chi connectivity index (χ3v) is 7.71. The van der Waals surface area contributed by atoms with Crippen LogP contribution < -0.4 is 4.74 Å². The number of allylic oxidation sites excluding steroid dienone is 3. The van der Waals surface area contributed by atoms with Gasteiger partial charge in [0.05, 0.1) is 6.10 Å². The summed E-state index contributed by atoms with van der Waals surface area (Å²) in [6.07, 6.45) is 3.25. The van der Waals surface area contributed by atoms with Gasteiger partial charge >= 0.3 is 13.8 Å². The molecule has 3 rings (SSSR count). The highest BCUT2D eigenvalue weighted by Gasteiger charge is 2.36. The number of benzene rings is 2. The third-order valence-electron chi connectivity index (χ3n) is 6.54. The third kappa shape index (κ3) is 7.67. The average molecular weight is 543 g/mol. The van der Waals surface area contributed by atoms with Crippen LogP contribution in [-0.4, -0.2) is 22.1 Å². The minimum absolute atomic E-state index is 0.0362. The minimum Gasteiger partial charge on any atom is -0.507 e. The monoisotopic (exact) mass is 542 g/mol. The predicted molar refractivity (Wildman–Crippen MR) is 148 cm³/mol. The molecule has 7 nitrogen and oxygen atoms in total. The van der Waals surface area contributed by atoms with E-state index in [1.807, 2.05) is 20.8 Å². The Balaban J connectivity index is 2.08. The number of phenols is 1. The van der Waals surface area contributed by atoms with Crippen molar-refractivity contribution in [3.05, 3.63) is 83.0 Å². The molecule has 1 aliphatic carbocycles. The molecule has 0 saturated carbocycles. The standard InChI is InChI=1S/C30H39O7P/c1-7-11-22-17-26(31)28(25-16-21(6)14-15-24(25)19(2)3)27(18-22)35-30(32)29(23-12-9-8-10-13-23)37-38(33,34)36-20(4)5/h8-10,12-13,16-18,20,24-25,29,31H,2,7,11,14-15H2,1,3-6H3,(H,33,34)/t24-,25+,29?/m0/s1. The van der Waals surface area contributed by atoms with Crippen LogP contribution in [0.5, 0.6) is 11.5 Å². The second kappa shape index (κ2) is 12.9. The number of phosphoric acid groups is 1. The van der Waals surface area contributed by atoms with Crippen LogP contribution in [0.25, 0.3) is 0 Å². The van der Waals surface area contributed by atoms with Crippen LogP contribution in [-0.2, 0) is 24.8 Å². The quantitative estimate of drug-likeness (QED) is 0.131. The summed E-state index contributed by atoms with van der Waals surface area (Å²) in [4.78, 5) is 23.9. The zero-order valence-corrected chi connectivity index (χ0v) is 23.7. The smallest absolute Gasteiger partial charge is 0.473 e. The van der Waals surface area contributed by atoms with Gasteiger partial charge in [0, 0.05) is 11.5 Å². The second-order valence-corrected chi connectivity index (χ2v) is 11.6. The normalized spacial score (nSPS) is 19.9. The van der Waals surface area contributed by atoms with Crippen LogP contribution in [0.3, 0.4) is 0 Å². The van der Waals surface area contributed by atoms with Crippen molar-refractivity contribution in [2.24, 2.45) is 5.92 Å². The van der Waals surface area contributed by atoms with Crippen LogP contribution >= 0.6 is 7.82 Å². The van der Waals surface area contributed by atoms with Gasteiger partial charge in [0.2, 0.25) is 0 Å². The molecule has 2 unspecified atom stereocenters. The highest BCUT2D eigenvalue weighted by atomic mass is 31.2. The van der Waals surface area contributed by atoms with Gasteiger partial charge in [0.1, 0.15) is 11.5 Å². The molecule has 2 aromatic rings. The molecule has 0 heterocycles. The molecule has 0 saturated heterocycles. The van der Waals surface area contributed by atoms with Crippen LogP contribution in [0.15, 0.2) is 66.3 Å².